The third-order valence-electron chi connectivity index (χ3n) is 4.44. The largest absolute Gasteiger partial charge is 0.495 e. The summed E-state index contributed by atoms with van der Waals surface area (Å²) in [6.07, 6.45) is 1.64. The lowest BCUT2D eigenvalue weighted by Gasteiger charge is -2.15. The van der Waals surface area contributed by atoms with Crippen LogP contribution in [0.15, 0.2) is 63.9 Å². The standard InChI is InChI=1S/C21H16ClN3O5S/c1-29-18-8-4-13(22)10-16(18)23-21-24-20(26)19(31-21)11-15-7-9-17(30-15)12-2-5-14(6-3-12)25(27)28/h2-11,21,23H,1H3,(H,24,26)/b19-11-. The molecule has 10 heteroatoms. The van der Waals surface area contributed by atoms with Crippen LogP contribution in [-0.2, 0) is 4.79 Å². The Kier molecular flexibility index (Phi) is 5.88. The number of benzene rings is 2. The van der Waals surface area contributed by atoms with Gasteiger partial charge in [-0.05, 0) is 42.5 Å². The third-order valence-corrected chi connectivity index (χ3v) is 5.71. The van der Waals surface area contributed by atoms with Crippen molar-refractivity contribution in [1.29, 1.82) is 0 Å². The number of halogens is 1. The van der Waals surface area contributed by atoms with Gasteiger partial charge >= 0.3 is 0 Å². The van der Waals surface area contributed by atoms with Gasteiger partial charge < -0.3 is 19.8 Å². The van der Waals surface area contributed by atoms with Crippen molar-refractivity contribution in [1.82, 2.24) is 5.32 Å². The molecule has 2 aromatic carbocycles. The van der Waals surface area contributed by atoms with Gasteiger partial charge in [-0.3, -0.25) is 14.9 Å². The summed E-state index contributed by atoms with van der Waals surface area (Å²) in [4.78, 5) is 23.2. The molecule has 2 N–H and O–H groups in total. The molecule has 0 spiro atoms. The van der Waals surface area contributed by atoms with Crippen molar-refractivity contribution in [3.8, 4) is 17.1 Å². The summed E-state index contributed by atoms with van der Waals surface area (Å²) in [6.45, 7) is 0. The molecule has 1 fully saturated rings. The van der Waals surface area contributed by atoms with E-state index in [0.717, 1.165) is 0 Å². The van der Waals surface area contributed by atoms with Crippen LogP contribution >= 0.6 is 23.4 Å². The lowest BCUT2D eigenvalue weighted by atomic mass is 10.1. The highest BCUT2D eigenvalue weighted by atomic mass is 35.5. The summed E-state index contributed by atoms with van der Waals surface area (Å²) in [5.41, 5.74) is 0.959. The van der Waals surface area contributed by atoms with Crippen LogP contribution in [0.3, 0.4) is 0 Å². The van der Waals surface area contributed by atoms with Gasteiger partial charge in [-0.25, -0.2) is 0 Å². The first-order valence-corrected chi connectivity index (χ1v) is 10.3. The normalized spacial score (nSPS) is 16.9. The number of nitrogens with zero attached hydrogens (tertiary/aromatic N) is 1. The second kappa shape index (κ2) is 8.75. The molecule has 1 aliphatic heterocycles. The minimum atomic E-state index is -0.457. The molecular formula is C21H16ClN3O5S. The molecule has 0 bridgehead atoms. The van der Waals surface area contributed by atoms with Gasteiger partial charge in [-0.15, -0.1) is 0 Å². The second-order valence-corrected chi connectivity index (χ2v) is 8.06. The van der Waals surface area contributed by atoms with Crippen molar-refractivity contribution >= 4 is 46.7 Å². The number of thioether (sulfide) groups is 1. The third kappa shape index (κ3) is 4.68. The molecule has 8 nitrogen and oxygen atoms in total. The SMILES string of the molecule is COc1ccc(Cl)cc1NC1NC(=O)/C(=C/c2ccc(-c3ccc([N+](=O)[O-])cc3)o2)S1. The first-order valence-electron chi connectivity index (χ1n) is 9.07. The Morgan fingerprint density at radius 3 is 2.71 bits per heavy atom. The van der Waals surface area contributed by atoms with Gasteiger partial charge in [0.2, 0.25) is 0 Å². The van der Waals surface area contributed by atoms with Crippen molar-refractivity contribution in [3.63, 3.8) is 0 Å². The molecule has 0 saturated carbocycles. The summed E-state index contributed by atoms with van der Waals surface area (Å²) >= 11 is 7.35. The lowest BCUT2D eigenvalue weighted by molar-refractivity contribution is -0.384. The van der Waals surface area contributed by atoms with E-state index in [4.69, 9.17) is 20.8 Å². The Morgan fingerprint density at radius 2 is 2.00 bits per heavy atom. The Labute approximate surface area is 186 Å². The Hall–Kier alpha value is -3.43. The maximum Gasteiger partial charge on any atom is 0.269 e. The van der Waals surface area contributed by atoms with Gasteiger partial charge in [0, 0.05) is 28.8 Å². The highest BCUT2D eigenvalue weighted by molar-refractivity contribution is 8.05. The maximum absolute atomic E-state index is 12.4. The summed E-state index contributed by atoms with van der Waals surface area (Å²) in [5, 5.41) is 17.4. The molecule has 1 aromatic heterocycles. The van der Waals surface area contributed by atoms with Crippen molar-refractivity contribution in [3.05, 3.63) is 80.4 Å². The van der Waals surface area contributed by atoms with Crippen molar-refractivity contribution < 1.29 is 18.9 Å². The van der Waals surface area contributed by atoms with Gasteiger partial charge in [-0.2, -0.15) is 0 Å². The number of ether oxygens (including phenoxy) is 1. The van der Waals surface area contributed by atoms with Crippen LogP contribution in [0, 0.1) is 10.1 Å². The molecule has 31 heavy (non-hydrogen) atoms. The second-order valence-electron chi connectivity index (χ2n) is 6.47. The van der Waals surface area contributed by atoms with Gasteiger partial charge in [0.1, 0.15) is 17.3 Å². The van der Waals surface area contributed by atoms with E-state index in [1.54, 1.807) is 55.7 Å². The van der Waals surface area contributed by atoms with Gasteiger partial charge in [0.15, 0.2) is 5.50 Å². The topological polar surface area (TPSA) is 107 Å². The smallest absolute Gasteiger partial charge is 0.269 e. The number of nitro benzene ring substituents is 1. The van der Waals surface area contributed by atoms with Crippen LogP contribution < -0.4 is 15.4 Å². The number of nitrogens with one attached hydrogen (secondary N) is 2. The molecule has 1 atom stereocenters. The number of non-ortho nitro benzene ring substituents is 1. The fraction of sp³-hybridized carbons (Fsp3) is 0.0952. The average Bonchev–Trinajstić information content (AvgIpc) is 3.35. The number of anilines is 1. The summed E-state index contributed by atoms with van der Waals surface area (Å²) in [6, 6.07) is 14.7. The monoisotopic (exact) mass is 457 g/mol. The van der Waals surface area contributed by atoms with E-state index < -0.39 is 10.4 Å². The van der Waals surface area contributed by atoms with E-state index in [1.807, 2.05) is 0 Å². The molecule has 0 aliphatic carbocycles. The molecule has 1 unspecified atom stereocenters. The maximum atomic E-state index is 12.4. The number of hydrogen-bond acceptors (Lipinski definition) is 7. The molecule has 1 saturated heterocycles. The minimum Gasteiger partial charge on any atom is -0.495 e. The zero-order valence-electron chi connectivity index (χ0n) is 16.1. The Morgan fingerprint density at radius 1 is 1.23 bits per heavy atom. The number of carbonyl (C=O) groups is 1. The Balaban J connectivity index is 1.48. The molecular weight excluding hydrogens is 442 g/mol. The zero-order chi connectivity index (χ0) is 22.0. The summed E-state index contributed by atoms with van der Waals surface area (Å²) in [5.74, 6) is 1.41. The summed E-state index contributed by atoms with van der Waals surface area (Å²) in [7, 11) is 1.56. The molecule has 2 heterocycles. The number of methoxy groups -OCH3 is 1. The van der Waals surface area contributed by atoms with Crippen LogP contribution in [-0.4, -0.2) is 23.4 Å². The van der Waals surface area contributed by atoms with E-state index in [9.17, 15) is 14.9 Å². The minimum absolute atomic E-state index is 0.00607. The van der Waals surface area contributed by atoms with Crippen LogP contribution in [0.2, 0.25) is 5.02 Å². The van der Waals surface area contributed by atoms with E-state index in [1.165, 1.54) is 23.9 Å². The quantitative estimate of drug-likeness (QED) is 0.300. The molecule has 158 valence electrons. The summed E-state index contributed by atoms with van der Waals surface area (Å²) < 4.78 is 11.1. The number of nitro groups is 1. The van der Waals surface area contributed by atoms with Crippen LogP contribution in [0.1, 0.15) is 5.76 Å². The fourth-order valence-corrected chi connectivity index (χ4v) is 4.09. The van der Waals surface area contributed by atoms with E-state index >= 15 is 0 Å². The molecule has 4 rings (SSSR count). The van der Waals surface area contributed by atoms with Crippen LogP contribution in [0.4, 0.5) is 11.4 Å². The van der Waals surface area contributed by atoms with Crippen molar-refractivity contribution in [2.45, 2.75) is 5.50 Å². The predicted molar refractivity (Wildman–Crippen MR) is 120 cm³/mol. The molecule has 1 aliphatic rings. The highest BCUT2D eigenvalue weighted by Gasteiger charge is 2.28. The van der Waals surface area contributed by atoms with E-state index in [0.29, 0.717) is 38.4 Å². The molecule has 1 amide bonds. The van der Waals surface area contributed by atoms with Crippen LogP contribution in [0.25, 0.3) is 17.4 Å². The molecule has 3 aromatic rings. The number of hydrogen-bond donors (Lipinski definition) is 2. The van der Waals surface area contributed by atoms with Crippen LogP contribution in [0.5, 0.6) is 5.75 Å². The number of amides is 1. The van der Waals surface area contributed by atoms with Gasteiger partial charge in [0.05, 0.1) is 22.6 Å². The van der Waals surface area contributed by atoms with E-state index in [2.05, 4.69) is 10.6 Å². The highest BCUT2D eigenvalue weighted by Crippen LogP contribution is 2.35. The number of carbonyl (C=O) groups excluding carboxylic acids is 1. The van der Waals surface area contributed by atoms with Gasteiger partial charge in [-0.1, -0.05) is 23.4 Å². The average molecular weight is 458 g/mol. The zero-order valence-corrected chi connectivity index (χ0v) is 17.7. The fourth-order valence-electron chi connectivity index (χ4n) is 2.96. The van der Waals surface area contributed by atoms with E-state index in [-0.39, 0.29) is 11.6 Å². The molecule has 0 radical (unpaired) electrons. The first-order chi connectivity index (χ1) is 14.9. The van der Waals surface area contributed by atoms with Gasteiger partial charge in [0.25, 0.3) is 11.6 Å². The lowest BCUT2D eigenvalue weighted by Crippen LogP contribution is -2.31. The number of furan rings is 1. The predicted octanol–water partition coefficient (Wildman–Crippen LogP) is 5.12. The number of rotatable bonds is 6. The van der Waals surface area contributed by atoms with Crippen molar-refractivity contribution in [2.24, 2.45) is 0 Å². The van der Waals surface area contributed by atoms with Crippen molar-refractivity contribution in [2.75, 3.05) is 12.4 Å². The first kappa shape index (κ1) is 20.8. The Bertz CT molecular complexity index is 1180.